The van der Waals surface area contributed by atoms with Crippen LogP contribution in [0.3, 0.4) is 0 Å². The number of rotatable bonds is 7. The SMILES string of the molecule is CC(CCCC(C)C(=O)O)Nc1nccn1C. The minimum absolute atomic E-state index is 0.254. The molecule has 0 saturated carbocycles. The van der Waals surface area contributed by atoms with Crippen LogP contribution in [0.5, 0.6) is 0 Å². The van der Waals surface area contributed by atoms with Crippen molar-refractivity contribution in [2.75, 3.05) is 5.32 Å². The van der Waals surface area contributed by atoms with E-state index < -0.39 is 5.97 Å². The molecule has 2 atom stereocenters. The van der Waals surface area contributed by atoms with Crippen molar-refractivity contribution in [3.8, 4) is 0 Å². The Hall–Kier alpha value is -1.52. The predicted octanol–water partition coefficient (Wildman–Crippen LogP) is 2.11. The highest BCUT2D eigenvalue weighted by atomic mass is 16.4. The summed E-state index contributed by atoms with van der Waals surface area (Å²) in [6.45, 7) is 3.83. The van der Waals surface area contributed by atoms with Crippen LogP contribution in [0.4, 0.5) is 5.95 Å². The summed E-state index contributed by atoms with van der Waals surface area (Å²) in [7, 11) is 1.94. The monoisotopic (exact) mass is 239 g/mol. The first-order valence-corrected chi connectivity index (χ1v) is 5.97. The quantitative estimate of drug-likeness (QED) is 0.764. The molecule has 1 rings (SSSR count). The molecule has 5 nitrogen and oxygen atoms in total. The maximum absolute atomic E-state index is 10.6. The lowest BCUT2D eigenvalue weighted by molar-refractivity contribution is -0.141. The standard InChI is InChI=1S/C12H21N3O2/c1-9(11(16)17)5-4-6-10(2)14-12-13-7-8-15(12)3/h7-10H,4-6H2,1-3H3,(H,13,14)(H,16,17). The number of hydrogen-bond acceptors (Lipinski definition) is 3. The fourth-order valence-electron chi connectivity index (χ4n) is 1.65. The van der Waals surface area contributed by atoms with Gasteiger partial charge in [0.05, 0.1) is 5.92 Å². The van der Waals surface area contributed by atoms with E-state index in [1.807, 2.05) is 17.8 Å². The van der Waals surface area contributed by atoms with Crippen molar-refractivity contribution in [2.45, 2.75) is 39.2 Å². The van der Waals surface area contributed by atoms with Crippen LogP contribution in [0.15, 0.2) is 12.4 Å². The Morgan fingerprint density at radius 1 is 1.53 bits per heavy atom. The van der Waals surface area contributed by atoms with E-state index in [1.54, 1.807) is 13.1 Å². The smallest absolute Gasteiger partial charge is 0.306 e. The minimum atomic E-state index is -0.713. The molecule has 0 spiro atoms. The van der Waals surface area contributed by atoms with Crippen LogP contribution in [0.1, 0.15) is 33.1 Å². The number of aliphatic carboxylic acids is 1. The first-order valence-electron chi connectivity index (χ1n) is 5.97. The Balaban J connectivity index is 2.24. The van der Waals surface area contributed by atoms with Gasteiger partial charge in [0.25, 0.3) is 0 Å². The van der Waals surface area contributed by atoms with Gasteiger partial charge in [-0.1, -0.05) is 13.3 Å². The van der Waals surface area contributed by atoms with Crippen molar-refractivity contribution in [1.29, 1.82) is 0 Å². The first kappa shape index (κ1) is 13.5. The Bertz CT molecular complexity index is 362. The van der Waals surface area contributed by atoms with Gasteiger partial charge in [0.2, 0.25) is 5.95 Å². The number of anilines is 1. The van der Waals surface area contributed by atoms with Gasteiger partial charge in [0.15, 0.2) is 0 Å². The van der Waals surface area contributed by atoms with Crippen molar-refractivity contribution in [1.82, 2.24) is 9.55 Å². The fraction of sp³-hybridized carbons (Fsp3) is 0.667. The number of carboxylic acids is 1. The molecule has 0 saturated heterocycles. The third kappa shape index (κ3) is 4.46. The summed E-state index contributed by atoms with van der Waals surface area (Å²) in [4.78, 5) is 14.8. The molecule has 0 aliphatic heterocycles. The van der Waals surface area contributed by atoms with Gasteiger partial charge in [-0.2, -0.15) is 0 Å². The van der Waals surface area contributed by atoms with Gasteiger partial charge in [-0.05, 0) is 19.8 Å². The molecule has 5 heteroatoms. The molecule has 1 aromatic heterocycles. The van der Waals surface area contributed by atoms with E-state index in [-0.39, 0.29) is 5.92 Å². The second kappa shape index (κ2) is 6.27. The summed E-state index contributed by atoms with van der Waals surface area (Å²) >= 11 is 0. The Morgan fingerprint density at radius 2 is 2.24 bits per heavy atom. The van der Waals surface area contributed by atoms with Crippen molar-refractivity contribution in [3.63, 3.8) is 0 Å². The van der Waals surface area contributed by atoms with E-state index in [2.05, 4.69) is 17.2 Å². The summed E-state index contributed by atoms with van der Waals surface area (Å²) in [5.74, 6) is -0.117. The normalized spacial score (nSPS) is 14.3. The maximum Gasteiger partial charge on any atom is 0.306 e. The van der Waals surface area contributed by atoms with Crippen LogP contribution in [0, 0.1) is 5.92 Å². The molecule has 0 aromatic carbocycles. The average Bonchev–Trinajstić information content (AvgIpc) is 2.64. The number of imidazole rings is 1. The zero-order chi connectivity index (χ0) is 12.8. The number of aryl methyl sites for hydroxylation is 1. The van der Waals surface area contributed by atoms with E-state index in [1.165, 1.54) is 0 Å². The molecule has 0 amide bonds. The molecule has 0 fully saturated rings. The molecule has 0 bridgehead atoms. The molecular formula is C12H21N3O2. The zero-order valence-corrected chi connectivity index (χ0v) is 10.7. The van der Waals surface area contributed by atoms with Crippen LogP contribution < -0.4 is 5.32 Å². The van der Waals surface area contributed by atoms with Crippen molar-refractivity contribution >= 4 is 11.9 Å². The number of hydrogen-bond donors (Lipinski definition) is 2. The lowest BCUT2D eigenvalue weighted by Crippen LogP contribution is -2.18. The predicted molar refractivity (Wildman–Crippen MR) is 66.9 cm³/mol. The highest BCUT2D eigenvalue weighted by Crippen LogP contribution is 2.12. The van der Waals surface area contributed by atoms with E-state index in [0.29, 0.717) is 6.04 Å². The minimum Gasteiger partial charge on any atom is -0.481 e. The van der Waals surface area contributed by atoms with Gasteiger partial charge in [0, 0.05) is 25.5 Å². The topological polar surface area (TPSA) is 67.2 Å². The van der Waals surface area contributed by atoms with Crippen LogP contribution >= 0.6 is 0 Å². The summed E-state index contributed by atoms with van der Waals surface area (Å²) < 4.78 is 1.93. The van der Waals surface area contributed by atoms with Gasteiger partial charge >= 0.3 is 5.97 Å². The summed E-state index contributed by atoms with van der Waals surface area (Å²) in [5, 5.41) is 12.1. The van der Waals surface area contributed by atoms with Crippen molar-refractivity contribution < 1.29 is 9.90 Å². The molecule has 0 aliphatic carbocycles. The highest BCUT2D eigenvalue weighted by Gasteiger charge is 2.11. The van der Waals surface area contributed by atoms with Crippen molar-refractivity contribution in [3.05, 3.63) is 12.4 Å². The summed E-state index contributed by atoms with van der Waals surface area (Å²) in [6, 6.07) is 0.303. The Kier molecular flexibility index (Phi) is 5.00. The van der Waals surface area contributed by atoms with E-state index >= 15 is 0 Å². The molecule has 2 N–H and O–H groups in total. The number of nitrogens with zero attached hydrogens (tertiary/aromatic N) is 2. The zero-order valence-electron chi connectivity index (χ0n) is 10.7. The molecule has 1 aromatic rings. The molecular weight excluding hydrogens is 218 g/mol. The third-order valence-corrected chi connectivity index (χ3v) is 2.89. The van der Waals surface area contributed by atoms with E-state index in [4.69, 9.17) is 5.11 Å². The Morgan fingerprint density at radius 3 is 2.76 bits per heavy atom. The van der Waals surface area contributed by atoms with Gasteiger partial charge in [-0.25, -0.2) is 4.98 Å². The molecule has 1 heterocycles. The number of carboxylic acid groups (broad SMARTS) is 1. The van der Waals surface area contributed by atoms with Crippen LogP contribution in [-0.2, 0) is 11.8 Å². The second-order valence-corrected chi connectivity index (χ2v) is 4.58. The molecule has 96 valence electrons. The van der Waals surface area contributed by atoms with Gasteiger partial charge < -0.3 is 15.0 Å². The lowest BCUT2D eigenvalue weighted by atomic mass is 10.0. The first-order chi connectivity index (χ1) is 8.00. The van der Waals surface area contributed by atoms with E-state index in [9.17, 15) is 4.79 Å². The molecule has 0 radical (unpaired) electrons. The molecule has 0 aliphatic rings. The largest absolute Gasteiger partial charge is 0.481 e. The maximum atomic E-state index is 10.6. The summed E-state index contributed by atoms with van der Waals surface area (Å²) in [6.07, 6.45) is 6.22. The van der Waals surface area contributed by atoms with Gasteiger partial charge in [0.1, 0.15) is 0 Å². The molecule has 17 heavy (non-hydrogen) atoms. The number of carbonyl (C=O) groups is 1. The average molecular weight is 239 g/mol. The number of aromatic nitrogens is 2. The second-order valence-electron chi connectivity index (χ2n) is 4.58. The summed E-state index contributed by atoms with van der Waals surface area (Å²) in [5.41, 5.74) is 0. The number of nitrogens with one attached hydrogen (secondary N) is 1. The third-order valence-electron chi connectivity index (χ3n) is 2.89. The molecule has 2 unspecified atom stereocenters. The fourth-order valence-corrected chi connectivity index (χ4v) is 1.65. The van der Waals surface area contributed by atoms with E-state index in [0.717, 1.165) is 25.2 Å². The Labute approximate surface area is 102 Å². The van der Waals surface area contributed by atoms with Crippen LogP contribution in [0.2, 0.25) is 0 Å². The van der Waals surface area contributed by atoms with Crippen molar-refractivity contribution in [2.24, 2.45) is 13.0 Å². The van der Waals surface area contributed by atoms with Crippen LogP contribution in [-0.4, -0.2) is 26.7 Å². The lowest BCUT2D eigenvalue weighted by Gasteiger charge is -2.15. The van der Waals surface area contributed by atoms with Gasteiger partial charge in [-0.3, -0.25) is 4.79 Å². The van der Waals surface area contributed by atoms with Crippen LogP contribution in [0.25, 0.3) is 0 Å². The highest BCUT2D eigenvalue weighted by molar-refractivity contribution is 5.69. The van der Waals surface area contributed by atoms with Gasteiger partial charge in [-0.15, -0.1) is 0 Å².